The molecule has 104 valence electrons. The molecule has 0 radical (unpaired) electrons. The van der Waals surface area contributed by atoms with E-state index in [1.165, 1.54) is 17.7 Å². The van der Waals surface area contributed by atoms with Crippen molar-refractivity contribution in [3.63, 3.8) is 0 Å². The summed E-state index contributed by atoms with van der Waals surface area (Å²) in [6, 6.07) is 3.78. The fourth-order valence-corrected chi connectivity index (χ4v) is 2.88. The second-order valence-corrected chi connectivity index (χ2v) is 5.24. The molecule has 0 bridgehead atoms. The van der Waals surface area contributed by atoms with Crippen molar-refractivity contribution in [2.45, 2.75) is 6.92 Å². The molecule has 0 saturated carbocycles. The Kier molecular flexibility index (Phi) is 3.65. The van der Waals surface area contributed by atoms with E-state index in [1.54, 1.807) is 31.7 Å². The van der Waals surface area contributed by atoms with Gasteiger partial charge < -0.3 is 5.21 Å². The lowest BCUT2D eigenvalue weighted by molar-refractivity contribution is 0.319. The molecule has 3 aromatic rings. The summed E-state index contributed by atoms with van der Waals surface area (Å²) in [5.74, 6) is 0. The molecule has 3 aromatic heterocycles. The number of hydrogen-bond donors (Lipinski definition) is 1. The van der Waals surface area contributed by atoms with Crippen molar-refractivity contribution in [3.8, 4) is 21.8 Å². The van der Waals surface area contributed by atoms with Gasteiger partial charge in [0.05, 0.1) is 16.3 Å². The molecule has 6 nitrogen and oxygen atoms in total. The third kappa shape index (κ3) is 2.63. The minimum atomic E-state index is 0.506. The minimum absolute atomic E-state index is 0.506. The van der Waals surface area contributed by atoms with Crippen LogP contribution in [0.1, 0.15) is 11.8 Å². The monoisotopic (exact) mass is 297 g/mol. The zero-order chi connectivity index (χ0) is 14.7. The van der Waals surface area contributed by atoms with Gasteiger partial charge in [-0.15, -0.1) is 11.3 Å². The van der Waals surface area contributed by atoms with Gasteiger partial charge >= 0.3 is 0 Å². The first-order chi connectivity index (χ1) is 10.3. The van der Waals surface area contributed by atoms with Crippen molar-refractivity contribution in [2.75, 3.05) is 0 Å². The molecule has 0 amide bonds. The van der Waals surface area contributed by atoms with E-state index in [1.807, 2.05) is 12.1 Å². The van der Waals surface area contributed by atoms with Crippen LogP contribution in [-0.2, 0) is 0 Å². The van der Waals surface area contributed by atoms with Gasteiger partial charge in [-0.3, -0.25) is 4.98 Å². The summed E-state index contributed by atoms with van der Waals surface area (Å²) in [5.41, 5.74) is 2.96. The quantitative estimate of drug-likeness (QED) is 0.456. The number of thiazole rings is 1. The highest BCUT2D eigenvalue weighted by Gasteiger charge is 2.17. The van der Waals surface area contributed by atoms with Gasteiger partial charge in [0.2, 0.25) is 0 Å². The van der Waals surface area contributed by atoms with Crippen molar-refractivity contribution >= 4 is 17.0 Å². The van der Waals surface area contributed by atoms with E-state index in [0.29, 0.717) is 11.4 Å². The number of aromatic nitrogens is 4. The van der Waals surface area contributed by atoms with Crippen LogP contribution in [0.4, 0.5) is 0 Å². The van der Waals surface area contributed by atoms with Crippen LogP contribution in [0.15, 0.2) is 48.4 Å². The van der Waals surface area contributed by atoms with Crippen molar-refractivity contribution in [3.05, 3.63) is 48.1 Å². The first-order valence-electron chi connectivity index (χ1n) is 6.15. The molecule has 7 heteroatoms. The molecule has 0 fully saturated rings. The fourth-order valence-electron chi connectivity index (χ4n) is 1.85. The van der Waals surface area contributed by atoms with Crippen molar-refractivity contribution in [1.29, 1.82) is 0 Å². The number of rotatable bonds is 3. The lowest BCUT2D eigenvalue weighted by Gasteiger charge is -1.98. The summed E-state index contributed by atoms with van der Waals surface area (Å²) in [6.07, 6.45) is 8.27. The Morgan fingerprint density at radius 3 is 2.48 bits per heavy atom. The van der Waals surface area contributed by atoms with Crippen LogP contribution in [0.25, 0.3) is 21.8 Å². The molecule has 0 aliphatic heterocycles. The van der Waals surface area contributed by atoms with Crippen LogP contribution >= 0.6 is 11.3 Å². The molecular formula is C14H11N5OS. The standard InChI is InChI=1S/C14H11N5OS/c1-9(19-20)13-12(11-6-16-8-17-7-11)18-14(21-13)10-2-4-15-5-3-10/h2-8,20H,1H3/b19-9+. The van der Waals surface area contributed by atoms with E-state index >= 15 is 0 Å². The summed E-state index contributed by atoms with van der Waals surface area (Å²) >= 11 is 1.45. The molecule has 1 N–H and O–H groups in total. The third-order valence-electron chi connectivity index (χ3n) is 2.87. The molecule has 0 spiro atoms. The van der Waals surface area contributed by atoms with Gasteiger partial charge in [-0.25, -0.2) is 15.0 Å². The Balaban J connectivity index is 2.17. The Morgan fingerprint density at radius 1 is 1.10 bits per heavy atom. The molecule has 3 rings (SSSR count). The van der Waals surface area contributed by atoms with E-state index < -0.39 is 0 Å². The number of hydrogen-bond acceptors (Lipinski definition) is 7. The summed E-state index contributed by atoms with van der Waals surface area (Å²) in [7, 11) is 0. The topological polar surface area (TPSA) is 84.2 Å². The molecule has 0 aliphatic rings. The van der Waals surface area contributed by atoms with Crippen LogP contribution in [0.3, 0.4) is 0 Å². The van der Waals surface area contributed by atoms with E-state index in [-0.39, 0.29) is 0 Å². The van der Waals surface area contributed by atoms with Crippen LogP contribution in [0.2, 0.25) is 0 Å². The smallest absolute Gasteiger partial charge is 0.124 e. The van der Waals surface area contributed by atoms with Gasteiger partial charge in [-0.05, 0) is 19.1 Å². The Hall–Kier alpha value is -2.67. The maximum atomic E-state index is 9.06. The van der Waals surface area contributed by atoms with Crippen LogP contribution < -0.4 is 0 Å². The van der Waals surface area contributed by atoms with Crippen molar-refractivity contribution in [2.24, 2.45) is 5.16 Å². The Bertz CT molecular complexity index is 771. The lowest BCUT2D eigenvalue weighted by atomic mass is 10.2. The minimum Gasteiger partial charge on any atom is -0.411 e. The third-order valence-corrected chi connectivity index (χ3v) is 4.08. The highest BCUT2D eigenvalue weighted by atomic mass is 32.1. The molecule has 3 heterocycles. The maximum absolute atomic E-state index is 9.06. The SMILES string of the molecule is C/C(=N\O)c1sc(-c2ccncc2)nc1-c1cncnc1. The molecule has 0 unspecified atom stereocenters. The summed E-state index contributed by atoms with van der Waals surface area (Å²) < 4.78 is 0. The van der Waals surface area contributed by atoms with Crippen molar-refractivity contribution < 1.29 is 5.21 Å². The van der Waals surface area contributed by atoms with Gasteiger partial charge in [0, 0.05) is 35.9 Å². The second kappa shape index (κ2) is 5.76. The molecule has 0 atom stereocenters. The largest absolute Gasteiger partial charge is 0.411 e. The summed E-state index contributed by atoms with van der Waals surface area (Å²) in [4.78, 5) is 17.5. The van der Waals surface area contributed by atoms with Crippen molar-refractivity contribution in [1.82, 2.24) is 19.9 Å². The fraction of sp³-hybridized carbons (Fsp3) is 0.0714. The summed E-state index contributed by atoms with van der Waals surface area (Å²) in [6.45, 7) is 1.73. The Morgan fingerprint density at radius 2 is 1.81 bits per heavy atom. The molecule has 0 aliphatic carbocycles. The number of oxime groups is 1. The van der Waals surface area contributed by atoms with E-state index in [2.05, 4.69) is 25.1 Å². The van der Waals surface area contributed by atoms with Gasteiger partial charge in [-0.1, -0.05) is 5.16 Å². The van der Waals surface area contributed by atoms with Gasteiger partial charge in [0.25, 0.3) is 0 Å². The number of nitrogens with zero attached hydrogens (tertiary/aromatic N) is 5. The Labute approximate surface area is 124 Å². The van der Waals surface area contributed by atoms with Crippen LogP contribution in [-0.4, -0.2) is 30.9 Å². The normalized spacial score (nSPS) is 11.6. The molecule has 0 saturated heterocycles. The predicted molar refractivity (Wildman–Crippen MR) is 80.4 cm³/mol. The van der Waals surface area contributed by atoms with E-state index in [0.717, 1.165) is 21.0 Å². The van der Waals surface area contributed by atoms with E-state index in [9.17, 15) is 0 Å². The average Bonchev–Trinajstić information content (AvgIpc) is 3.01. The number of pyridine rings is 1. The first-order valence-corrected chi connectivity index (χ1v) is 6.97. The molecule has 0 aromatic carbocycles. The van der Waals surface area contributed by atoms with Gasteiger partial charge in [0.1, 0.15) is 11.3 Å². The van der Waals surface area contributed by atoms with Gasteiger partial charge in [-0.2, -0.15) is 0 Å². The van der Waals surface area contributed by atoms with Gasteiger partial charge in [0.15, 0.2) is 0 Å². The second-order valence-electron chi connectivity index (χ2n) is 4.25. The lowest BCUT2D eigenvalue weighted by Crippen LogP contribution is -1.94. The summed E-state index contributed by atoms with van der Waals surface area (Å²) in [5, 5.41) is 13.2. The predicted octanol–water partition coefficient (Wildman–Crippen LogP) is 2.86. The zero-order valence-corrected chi connectivity index (χ0v) is 11.9. The zero-order valence-electron chi connectivity index (χ0n) is 11.1. The molecular weight excluding hydrogens is 286 g/mol. The highest BCUT2D eigenvalue weighted by Crippen LogP contribution is 2.33. The van der Waals surface area contributed by atoms with E-state index in [4.69, 9.17) is 5.21 Å². The average molecular weight is 297 g/mol. The highest BCUT2D eigenvalue weighted by molar-refractivity contribution is 7.17. The molecule has 21 heavy (non-hydrogen) atoms. The van der Waals surface area contributed by atoms with Crippen LogP contribution in [0, 0.1) is 0 Å². The maximum Gasteiger partial charge on any atom is 0.124 e. The van der Waals surface area contributed by atoms with Crippen LogP contribution in [0.5, 0.6) is 0 Å². The first kappa shape index (κ1) is 13.3.